The van der Waals surface area contributed by atoms with Crippen LogP contribution in [0.3, 0.4) is 0 Å². The maximum absolute atomic E-state index is 12.4. The lowest BCUT2D eigenvalue weighted by Gasteiger charge is -2.04. The fourth-order valence-corrected chi connectivity index (χ4v) is 4.35. The number of hydrogen-bond acceptors (Lipinski definition) is 6. The molecule has 4 aromatic rings. The van der Waals surface area contributed by atoms with Gasteiger partial charge in [-0.3, -0.25) is 4.79 Å². The second-order valence-electron chi connectivity index (χ2n) is 7.87. The van der Waals surface area contributed by atoms with Crippen LogP contribution in [0, 0.1) is 0 Å². The molecular formula is C29H26N2O4S. The number of carbonyl (C=O) groups excluding carboxylic acids is 2. The van der Waals surface area contributed by atoms with Crippen molar-refractivity contribution < 1.29 is 18.7 Å². The molecule has 3 aromatic carbocycles. The van der Waals surface area contributed by atoms with E-state index in [1.807, 2.05) is 42.1 Å². The first kappa shape index (κ1) is 25.0. The van der Waals surface area contributed by atoms with Gasteiger partial charge in [-0.1, -0.05) is 54.6 Å². The number of thioether (sulfide) groups is 1. The van der Waals surface area contributed by atoms with Crippen LogP contribution >= 0.6 is 11.8 Å². The van der Waals surface area contributed by atoms with Crippen LogP contribution in [0.2, 0.25) is 0 Å². The fourth-order valence-electron chi connectivity index (χ4n) is 3.39. The fraction of sp³-hybridized carbons (Fsp3) is 0.138. The van der Waals surface area contributed by atoms with Gasteiger partial charge in [-0.05, 0) is 54.4 Å². The summed E-state index contributed by atoms with van der Waals surface area (Å²) in [5.41, 5.74) is 6.81. The summed E-state index contributed by atoms with van der Waals surface area (Å²) in [6, 6.07) is 28.4. The Kier molecular flexibility index (Phi) is 8.72. The van der Waals surface area contributed by atoms with Crippen LogP contribution in [0.1, 0.15) is 44.5 Å². The van der Waals surface area contributed by atoms with E-state index in [0.717, 1.165) is 22.6 Å². The Morgan fingerprint density at radius 1 is 0.861 bits per heavy atom. The lowest BCUT2D eigenvalue weighted by Crippen LogP contribution is -2.17. The molecule has 1 amide bonds. The number of furan rings is 1. The van der Waals surface area contributed by atoms with E-state index in [2.05, 4.69) is 22.7 Å². The van der Waals surface area contributed by atoms with Gasteiger partial charge in [-0.2, -0.15) is 16.9 Å². The molecule has 0 atom stereocenters. The molecule has 0 aliphatic heterocycles. The summed E-state index contributed by atoms with van der Waals surface area (Å²) in [5.74, 6) is 2.29. The highest BCUT2D eigenvalue weighted by Gasteiger charge is 2.09. The zero-order valence-electron chi connectivity index (χ0n) is 19.8. The Balaban J connectivity index is 1.26. The van der Waals surface area contributed by atoms with Gasteiger partial charge in [0.1, 0.15) is 11.5 Å². The van der Waals surface area contributed by atoms with Gasteiger partial charge in [-0.15, -0.1) is 0 Å². The van der Waals surface area contributed by atoms with E-state index in [-0.39, 0.29) is 11.9 Å². The van der Waals surface area contributed by atoms with Crippen LogP contribution in [0.5, 0.6) is 0 Å². The average molecular weight is 499 g/mol. The SMILES string of the molecule is CCOC(=O)c1ccc(-c2ccc(/C=N/NC(=O)c3ccc(CSCc4ccccc4)cc3)o2)cc1. The molecule has 0 bridgehead atoms. The Labute approximate surface area is 214 Å². The van der Waals surface area contributed by atoms with Crippen LogP contribution in [-0.4, -0.2) is 24.7 Å². The number of esters is 1. The Bertz CT molecular complexity index is 1310. The minimum absolute atomic E-state index is 0.295. The molecule has 0 aliphatic rings. The van der Waals surface area contributed by atoms with E-state index in [4.69, 9.17) is 9.15 Å². The minimum atomic E-state index is -0.358. The lowest BCUT2D eigenvalue weighted by atomic mass is 10.1. The van der Waals surface area contributed by atoms with Gasteiger partial charge in [0.15, 0.2) is 0 Å². The van der Waals surface area contributed by atoms with Crippen molar-refractivity contribution in [2.75, 3.05) is 6.61 Å². The van der Waals surface area contributed by atoms with Crippen LogP contribution in [0.4, 0.5) is 0 Å². The summed E-state index contributed by atoms with van der Waals surface area (Å²) in [5, 5.41) is 4.00. The molecule has 0 saturated heterocycles. The molecule has 0 aliphatic carbocycles. The lowest BCUT2D eigenvalue weighted by molar-refractivity contribution is 0.0526. The van der Waals surface area contributed by atoms with Crippen LogP contribution < -0.4 is 5.43 Å². The predicted molar refractivity (Wildman–Crippen MR) is 143 cm³/mol. The van der Waals surface area contributed by atoms with Gasteiger partial charge in [-0.25, -0.2) is 10.2 Å². The third kappa shape index (κ3) is 6.96. The predicted octanol–water partition coefficient (Wildman–Crippen LogP) is 6.32. The molecule has 1 aromatic heterocycles. The summed E-state index contributed by atoms with van der Waals surface area (Å²) < 4.78 is 10.8. The van der Waals surface area contributed by atoms with Gasteiger partial charge in [0.25, 0.3) is 5.91 Å². The van der Waals surface area contributed by atoms with Gasteiger partial charge < -0.3 is 9.15 Å². The van der Waals surface area contributed by atoms with E-state index in [9.17, 15) is 9.59 Å². The van der Waals surface area contributed by atoms with Gasteiger partial charge in [0.2, 0.25) is 0 Å². The molecule has 1 heterocycles. The number of nitrogens with zero attached hydrogens (tertiary/aromatic N) is 1. The Morgan fingerprint density at radius 2 is 1.53 bits per heavy atom. The highest BCUT2D eigenvalue weighted by atomic mass is 32.2. The maximum Gasteiger partial charge on any atom is 0.338 e. The van der Waals surface area contributed by atoms with Crippen LogP contribution in [-0.2, 0) is 16.2 Å². The number of carbonyl (C=O) groups is 2. The summed E-state index contributed by atoms with van der Waals surface area (Å²) in [4.78, 5) is 24.2. The molecule has 6 nitrogen and oxygen atoms in total. The van der Waals surface area contributed by atoms with Crippen molar-refractivity contribution in [2.24, 2.45) is 5.10 Å². The molecule has 0 fully saturated rings. The molecule has 1 N–H and O–H groups in total. The van der Waals surface area contributed by atoms with Crippen molar-refractivity contribution in [2.45, 2.75) is 18.4 Å². The number of amides is 1. The number of rotatable bonds is 10. The first-order chi connectivity index (χ1) is 17.6. The second kappa shape index (κ2) is 12.6. The highest BCUT2D eigenvalue weighted by molar-refractivity contribution is 7.97. The molecular weight excluding hydrogens is 472 g/mol. The highest BCUT2D eigenvalue weighted by Crippen LogP contribution is 2.22. The molecule has 0 unspecified atom stereocenters. The van der Waals surface area contributed by atoms with Crippen LogP contribution in [0.15, 0.2) is 101 Å². The average Bonchev–Trinajstić information content (AvgIpc) is 3.39. The molecule has 36 heavy (non-hydrogen) atoms. The maximum atomic E-state index is 12.4. The van der Waals surface area contributed by atoms with Crippen molar-refractivity contribution in [3.05, 3.63) is 119 Å². The van der Waals surface area contributed by atoms with Gasteiger partial charge in [0, 0.05) is 22.6 Å². The first-order valence-corrected chi connectivity index (χ1v) is 12.7. The van der Waals surface area contributed by atoms with E-state index in [1.165, 1.54) is 11.8 Å². The van der Waals surface area contributed by atoms with E-state index in [0.29, 0.717) is 29.3 Å². The summed E-state index contributed by atoms with van der Waals surface area (Å²) in [7, 11) is 0. The van der Waals surface area contributed by atoms with Gasteiger partial charge >= 0.3 is 5.97 Å². The summed E-state index contributed by atoms with van der Waals surface area (Å²) in [6.07, 6.45) is 1.45. The van der Waals surface area contributed by atoms with Crippen molar-refractivity contribution in [3.63, 3.8) is 0 Å². The molecule has 0 saturated carbocycles. The minimum Gasteiger partial charge on any atom is -0.462 e. The molecule has 4 rings (SSSR count). The second-order valence-corrected chi connectivity index (χ2v) is 8.86. The Hall–Kier alpha value is -4.10. The van der Waals surface area contributed by atoms with E-state index in [1.54, 1.807) is 55.5 Å². The number of ether oxygens (including phenoxy) is 1. The topological polar surface area (TPSA) is 80.9 Å². The van der Waals surface area contributed by atoms with Gasteiger partial charge in [0.05, 0.1) is 18.4 Å². The monoisotopic (exact) mass is 498 g/mol. The molecule has 182 valence electrons. The van der Waals surface area contributed by atoms with Crippen molar-refractivity contribution in [1.29, 1.82) is 0 Å². The normalized spacial score (nSPS) is 10.9. The molecule has 0 spiro atoms. The van der Waals surface area contributed by atoms with Crippen molar-refractivity contribution in [1.82, 2.24) is 5.43 Å². The molecule has 7 heteroatoms. The zero-order chi connectivity index (χ0) is 25.2. The summed E-state index contributed by atoms with van der Waals surface area (Å²) in [6.45, 7) is 2.10. The largest absolute Gasteiger partial charge is 0.462 e. The third-order valence-electron chi connectivity index (χ3n) is 5.26. The number of hydrogen-bond donors (Lipinski definition) is 1. The smallest absolute Gasteiger partial charge is 0.338 e. The zero-order valence-corrected chi connectivity index (χ0v) is 20.7. The Morgan fingerprint density at radius 3 is 2.22 bits per heavy atom. The first-order valence-electron chi connectivity index (χ1n) is 11.5. The quantitative estimate of drug-likeness (QED) is 0.157. The number of benzene rings is 3. The van der Waals surface area contributed by atoms with Crippen molar-refractivity contribution >= 4 is 29.9 Å². The summed E-state index contributed by atoms with van der Waals surface area (Å²) >= 11 is 1.83. The number of nitrogens with one attached hydrogen (secondary N) is 1. The van der Waals surface area contributed by atoms with E-state index >= 15 is 0 Å². The van der Waals surface area contributed by atoms with Crippen LogP contribution in [0.25, 0.3) is 11.3 Å². The van der Waals surface area contributed by atoms with E-state index < -0.39 is 0 Å². The standard InChI is InChI=1S/C29H26N2O4S/c1-2-34-29(33)25-14-12-23(13-15-25)27-17-16-26(35-27)18-30-31-28(32)24-10-8-22(9-11-24)20-36-19-21-6-4-3-5-7-21/h3-18H,2,19-20H2,1H3,(H,31,32)/b30-18+. The number of hydrazone groups is 1. The molecule has 0 radical (unpaired) electrons. The van der Waals surface area contributed by atoms with Crippen molar-refractivity contribution in [3.8, 4) is 11.3 Å². The third-order valence-corrected chi connectivity index (χ3v) is 6.34.